The SMILES string of the molecule is Cc1ccc(S(=O)(=O)c2ccc(CN3C(=O)NC(C)(c4ccccc4)C3=O)cc2)cc1. The molecule has 1 aliphatic rings. The molecule has 1 aliphatic heterocycles. The summed E-state index contributed by atoms with van der Waals surface area (Å²) >= 11 is 0. The summed E-state index contributed by atoms with van der Waals surface area (Å²) in [4.78, 5) is 27.1. The van der Waals surface area contributed by atoms with Crippen LogP contribution in [0, 0.1) is 6.92 Å². The zero-order valence-electron chi connectivity index (χ0n) is 17.2. The van der Waals surface area contributed by atoms with Crippen molar-refractivity contribution in [1.82, 2.24) is 10.2 Å². The van der Waals surface area contributed by atoms with Gasteiger partial charge in [-0.05, 0) is 49.2 Å². The summed E-state index contributed by atoms with van der Waals surface area (Å²) in [6.45, 7) is 3.63. The van der Waals surface area contributed by atoms with Gasteiger partial charge in [-0.2, -0.15) is 0 Å². The van der Waals surface area contributed by atoms with Gasteiger partial charge in [0.1, 0.15) is 5.54 Å². The highest BCUT2D eigenvalue weighted by atomic mass is 32.2. The van der Waals surface area contributed by atoms with E-state index in [4.69, 9.17) is 0 Å². The van der Waals surface area contributed by atoms with Crippen molar-refractivity contribution in [1.29, 1.82) is 0 Å². The van der Waals surface area contributed by atoms with E-state index in [1.54, 1.807) is 55.5 Å². The van der Waals surface area contributed by atoms with Crippen LogP contribution in [0.15, 0.2) is 88.7 Å². The second-order valence-corrected chi connectivity index (χ2v) is 9.72. The molecule has 0 saturated carbocycles. The largest absolute Gasteiger partial charge is 0.325 e. The van der Waals surface area contributed by atoms with E-state index >= 15 is 0 Å². The molecule has 3 aromatic carbocycles. The van der Waals surface area contributed by atoms with Crippen molar-refractivity contribution in [3.63, 3.8) is 0 Å². The Morgan fingerprint density at radius 2 is 1.39 bits per heavy atom. The van der Waals surface area contributed by atoms with Crippen molar-refractivity contribution in [2.24, 2.45) is 0 Å². The van der Waals surface area contributed by atoms with Crippen molar-refractivity contribution in [2.45, 2.75) is 35.7 Å². The Labute approximate surface area is 181 Å². The average Bonchev–Trinajstić information content (AvgIpc) is 2.99. The Bertz CT molecular complexity index is 1240. The van der Waals surface area contributed by atoms with Crippen LogP contribution in [0.3, 0.4) is 0 Å². The third kappa shape index (κ3) is 3.72. The standard InChI is InChI=1S/C24H22N2O4S/c1-17-8-12-20(13-9-17)31(29,30)21-14-10-18(11-15-21)16-26-22(27)24(2,25-23(26)28)19-6-4-3-5-7-19/h3-15H,16H2,1-2H3,(H,25,28). The lowest BCUT2D eigenvalue weighted by molar-refractivity contribution is -0.131. The van der Waals surface area contributed by atoms with Crippen LogP contribution in [-0.4, -0.2) is 25.3 Å². The molecule has 4 rings (SSSR count). The number of carbonyl (C=O) groups is 2. The monoisotopic (exact) mass is 434 g/mol. The molecular weight excluding hydrogens is 412 g/mol. The second kappa shape index (κ2) is 7.67. The smallest absolute Gasteiger partial charge is 0.319 e. The summed E-state index contributed by atoms with van der Waals surface area (Å²) in [6.07, 6.45) is 0. The predicted molar refractivity (Wildman–Crippen MR) is 116 cm³/mol. The Morgan fingerprint density at radius 1 is 0.839 bits per heavy atom. The van der Waals surface area contributed by atoms with Gasteiger partial charge in [-0.25, -0.2) is 13.2 Å². The highest BCUT2D eigenvalue weighted by Crippen LogP contribution is 2.30. The summed E-state index contributed by atoms with van der Waals surface area (Å²) in [7, 11) is -3.64. The zero-order chi connectivity index (χ0) is 22.2. The molecule has 0 aliphatic carbocycles. The Kier molecular flexibility index (Phi) is 5.15. The molecule has 1 fully saturated rings. The molecule has 3 aromatic rings. The number of nitrogens with one attached hydrogen (secondary N) is 1. The first-order chi connectivity index (χ1) is 14.7. The molecule has 0 radical (unpaired) electrons. The minimum atomic E-state index is -3.64. The number of benzene rings is 3. The van der Waals surface area contributed by atoms with E-state index < -0.39 is 21.4 Å². The van der Waals surface area contributed by atoms with Crippen LogP contribution in [0.4, 0.5) is 4.79 Å². The Balaban J connectivity index is 1.55. The normalized spacial score (nSPS) is 18.8. The van der Waals surface area contributed by atoms with Gasteiger partial charge in [0.05, 0.1) is 16.3 Å². The van der Waals surface area contributed by atoms with Gasteiger partial charge in [0.25, 0.3) is 5.91 Å². The van der Waals surface area contributed by atoms with Crippen LogP contribution in [0.2, 0.25) is 0 Å². The van der Waals surface area contributed by atoms with Crippen LogP contribution in [0.1, 0.15) is 23.6 Å². The Hall–Kier alpha value is -3.45. The van der Waals surface area contributed by atoms with Gasteiger partial charge in [0, 0.05) is 0 Å². The van der Waals surface area contributed by atoms with E-state index in [2.05, 4.69) is 5.32 Å². The summed E-state index contributed by atoms with van der Waals surface area (Å²) in [5, 5.41) is 2.77. The summed E-state index contributed by atoms with van der Waals surface area (Å²) in [5.41, 5.74) is 1.21. The van der Waals surface area contributed by atoms with E-state index in [1.807, 2.05) is 25.1 Å². The number of hydrogen-bond donors (Lipinski definition) is 1. The Morgan fingerprint density at radius 3 is 1.97 bits per heavy atom. The number of aryl methyl sites for hydroxylation is 1. The zero-order valence-corrected chi connectivity index (χ0v) is 18.0. The molecule has 0 spiro atoms. The fourth-order valence-corrected chi connectivity index (χ4v) is 4.88. The first kappa shape index (κ1) is 20.8. The number of urea groups is 1. The molecule has 1 heterocycles. The number of hydrogen-bond acceptors (Lipinski definition) is 4. The third-order valence-corrected chi connectivity index (χ3v) is 7.32. The summed E-state index contributed by atoms with van der Waals surface area (Å²) in [6, 6.07) is 21.5. The van der Waals surface area contributed by atoms with Gasteiger partial charge in [0.15, 0.2) is 0 Å². The lowest BCUT2D eigenvalue weighted by Gasteiger charge is -2.22. The quantitative estimate of drug-likeness (QED) is 0.619. The van der Waals surface area contributed by atoms with Crippen molar-refractivity contribution >= 4 is 21.8 Å². The van der Waals surface area contributed by atoms with Gasteiger partial charge in [-0.3, -0.25) is 9.69 Å². The van der Waals surface area contributed by atoms with E-state index in [-0.39, 0.29) is 22.2 Å². The number of nitrogens with zero attached hydrogens (tertiary/aromatic N) is 1. The second-order valence-electron chi connectivity index (χ2n) is 7.77. The summed E-state index contributed by atoms with van der Waals surface area (Å²) in [5.74, 6) is -0.347. The number of rotatable bonds is 5. The fraction of sp³-hybridized carbons (Fsp3) is 0.167. The number of sulfone groups is 1. The van der Waals surface area contributed by atoms with E-state index in [0.29, 0.717) is 11.1 Å². The molecular formula is C24H22N2O4S. The van der Waals surface area contributed by atoms with Gasteiger partial charge < -0.3 is 5.32 Å². The van der Waals surface area contributed by atoms with Gasteiger partial charge in [0.2, 0.25) is 9.84 Å². The number of carbonyl (C=O) groups excluding carboxylic acids is 2. The van der Waals surface area contributed by atoms with Crippen LogP contribution in [0.5, 0.6) is 0 Å². The molecule has 158 valence electrons. The van der Waals surface area contributed by atoms with Crippen molar-refractivity contribution in [2.75, 3.05) is 0 Å². The summed E-state index contributed by atoms with van der Waals surface area (Å²) < 4.78 is 25.6. The molecule has 7 heteroatoms. The minimum Gasteiger partial charge on any atom is -0.319 e. The van der Waals surface area contributed by atoms with Crippen molar-refractivity contribution in [3.8, 4) is 0 Å². The molecule has 1 atom stereocenters. The first-order valence-corrected chi connectivity index (χ1v) is 11.3. The van der Waals surface area contributed by atoms with Crippen LogP contribution in [-0.2, 0) is 26.7 Å². The lowest BCUT2D eigenvalue weighted by atomic mass is 9.92. The van der Waals surface area contributed by atoms with E-state index in [9.17, 15) is 18.0 Å². The van der Waals surface area contributed by atoms with Crippen LogP contribution in [0.25, 0.3) is 0 Å². The minimum absolute atomic E-state index is 0.0535. The molecule has 31 heavy (non-hydrogen) atoms. The average molecular weight is 435 g/mol. The molecule has 6 nitrogen and oxygen atoms in total. The fourth-order valence-electron chi connectivity index (χ4n) is 3.62. The maximum Gasteiger partial charge on any atom is 0.325 e. The van der Waals surface area contributed by atoms with E-state index in [1.165, 1.54) is 12.1 Å². The maximum absolute atomic E-state index is 13.0. The van der Waals surface area contributed by atoms with Gasteiger partial charge in [-0.1, -0.05) is 60.2 Å². The molecule has 0 aromatic heterocycles. The van der Waals surface area contributed by atoms with Crippen LogP contribution >= 0.6 is 0 Å². The highest BCUT2D eigenvalue weighted by molar-refractivity contribution is 7.91. The topological polar surface area (TPSA) is 83.6 Å². The maximum atomic E-state index is 13.0. The molecule has 1 saturated heterocycles. The number of amides is 3. The number of imide groups is 1. The van der Waals surface area contributed by atoms with Crippen molar-refractivity contribution < 1.29 is 18.0 Å². The molecule has 0 bridgehead atoms. The predicted octanol–water partition coefficient (Wildman–Crippen LogP) is 3.80. The first-order valence-electron chi connectivity index (χ1n) is 9.82. The molecule has 1 unspecified atom stereocenters. The third-order valence-electron chi connectivity index (χ3n) is 5.53. The van der Waals surface area contributed by atoms with Crippen LogP contribution < -0.4 is 5.32 Å². The molecule has 1 N–H and O–H groups in total. The van der Waals surface area contributed by atoms with Crippen molar-refractivity contribution in [3.05, 3.63) is 95.6 Å². The van der Waals surface area contributed by atoms with Gasteiger partial charge >= 0.3 is 6.03 Å². The van der Waals surface area contributed by atoms with Gasteiger partial charge in [-0.15, -0.1) is 0 Å². The lowest BCUT2D eigenvalue weighted by Crippen LogP contribution is -2.40. The highest BCUT2D eigenvalue weighted by Gasteiger charge is 2.48. The molecule has 3 amide bonds. The van der Waals surface area contributed by atoms with E-state index in [0.717, 1.165) is 10.5 Å².